The number of rotatable bonds is 3. The molecule has 5 heteroatoms. The van der Waals surface area contributed by atoms with E-state index in [0.717, 1.165) is 11.1 Å². The van der Waals surface area contributed by atoms with Gasteiger partial charge in [-0.2, -0.15) is 0 Å². The molecule has 0 spiro atoms. The minimum atomic E-state index is -0.999. The average Bonchev–Trinajstić information content (AvgIpc) is 2.89. The highest BCUT2D eigenvalue weighted by Gasteiger charge is 2.36. The molecule has 24 heavy (non-hydrogen) atoms. The van der Waals surface area contributed by atoms with Crippen LogP contribution in [-0.2, 0) is 6.42 Å². The van der Waals surface area contributed by atoms with Crippen molar-refractivity contribution in [2.24, 2.45) is 0 Å². The van der Waals surface area contributed by atoms with Gasteiger partial charge in [0.05, 0.1) is 5.60 Å². The zero-order valence-electron chi connectivity index (χ0n) is 13.5. The summed E-state index contributed by atoms with van der Waals surface area (Å²) in [6.07, 6.45) is 3.61. The van der Waals surface area contributed by atoms with Crippen molar-refractivity contribution < 1.29 is 25.2 Å². The molecule has 0 fully saturated rings. The summed E-state index contributed by atoms with van der Waals surface area (Å²) in [7, 11) is 0. The van der Waals surface area contributed by atoms with E-state index in [4.69, 9.17) is 4.74 Å². The van der Waals surface area contributed by atoms with Gasteiger partial charge < -0.3 is 25.2 Å². The van der Waals surface area contributed by atoms with E-state index in [0.29, 0.717) is 17.7 Å². The molecule has 4 N–H and O–H groups in total. The number of aliphatic hydroxyl groups is 1. The summed E-state index contributed by atoms with van der Waals surface area (Å²) in [6, 6.07) is 7.77. The van der Waals surface area contributed by atoms with E-state index < -0.39 is 11.7 Å². The lowest BCUT2D eigenvalue weighted by atomic mass is 9.96. The zero-order chi connectivity index (χ0) is 17.5. The van der Waals surface area contributed by atoms with E-state index in [1.54, 1.807) is 32.1 Å². The summed E-state index contributed by atoms with van der Waals surface area (Å²) in [5.74, 6) is 0.396. The first-order valence-corrected chi connectivity index (χ1v) is 7.68. The van der Waals surface area contributed by atoms with Crippen molar-refractivity contribution in [2.45, 2.75) is 32.0 Å². The maximum absolute atomic E-state index is 10.2. The van der Waals surface area contributed by atoms with Crippen molar-refractivity contribution in [3.8, 4) is 23.0 Å². The normalized spacial score (nSPS) is 17.0. The molecule has 2 aromatic rings. The number of phenols is 3. The fourth-order valence-electron chi connectivity index (χ4n) is 2.76. The Morgan fingerprint density at radius 2 is 1.54 bits per heavy atom. The predicted octanol–water partition coefficient (Wildman–Crippen LogP) is 3.05. The van der Waals surface area contributed by atoms with Crippen LogP contribution in [0.2, 0.25) is 0 Å². The molecule has 126 valence electrons. The SMILES string of the molecule is CC(C)(O)C1Cc2cc(/C=C/c3cc(O)cc(O)c3)cc(O)c2O1. The Labute approximate surface area is 140 Å². The van der Waals surface area contributed by atoms with Crippen LogP contribution in [0, 0.1) is 0 Å². The molecule has 0 saturated carbocycles. The first-order chi connectivity index (χ1) is 11.2. The monoisotopic (exact) mass is 328 g/mol. The van der Waals surface area contributed by atoms with Gasteiger partial charge in [-0.3, -0.25) is 0 Å². The predicted molar refractivity (Wildman–Crippen MR) is 91.2 cm³/mol. The van der Waals surface area contributed by atoms with Gasteiger partial charge in [0.2, 0.25) is 0 Å². The molecule has 0 amide bonds. The molecular formula is C19H20O5. The van der Waals surface area contributed by atoms with E-state index in [1.165, 1.54) is 18.2 Å². The van der Waals surface area contributed by atoms with E-state index in [1.807, 2.05) is 6.07 Å². The maximum Gasteiger partial charge on any atom is 0.164 e. The van der Waals surface area contributed by atoms with Gasteiger partial charge in [-0.05, 0) is 49.2 Å². The van der Waals surface area contributed by atoms with Gasteiger partial charge in [-0.1, -0.05) is 12.2 Å². The Morgan fingerprint density at radius 3 is 2.12 bits per heavy atom. The second-order valence-corrected chi connectivity index (χ2v) is 6.61. The molecule has 0 radical (unpaired) electrons. The van der Waals surface area contributed by atoms with Gasteiger partial charge in [0, 0.05) is 18.1 Å². The number of aromatic hydroxyl groups is 3. The molecule has 1 atom stereocenters. The zero-order valence-corrected chi connectivity index (χ0v) is 13.5. The van der Waals surface area contributed by atoms with Crippen LogP contribution in [0.15, 0.2) is 30.3 Å². The summed E-state index contributed by atoms with van der Waals surface area (Å²) < 4.78 is 5.66. The highest BCUT2D eigenvalue weighted by molar-refractivity contribution is 5.73. The van der Waals surface area contributed by atoms with Crippen molar-refractivity contribution in [1.29, 1.82) is 0 Å². The van der Waals surface area contributed by atoms with Crippen LogP contribution >= 0.6 is 0 Å². The molecule has 0 aliphatic carbocycles. The van der Waals surface area contributed by atoms with Gasteiger partial charge in [0.15, 0.2) is 11.5 Å². The number of hydrogen-bond donors (Lipinski definition) is 4. The molecule has 5 nitrogen and oxygen atoms in total. The standard InChI is InChI=1S/C19H20O5/c1-19(2,23)17-9-13-5-11(8-16(22)18(13)24-17)3-4-12-6-14(20)10-15(21)7-12/h3-8,10,17,20-23H,9H2,1-2H3/b4-3+. The summed E-state index contributed by atoms with van der Waals surface area (Å²) in [4.78, 5) is 0. The Morgan fingerprint density at radius 1 is 0.958 bits per heavy atom. The van der Waals surface area contributed by atoms with E-state index in [2.05, 4.69) is 0 Å². The Kier molecular flexibility index (Phi) is 3.89. The molecule has 0 saturated heterocycles. The summed E-state index contributed by atoms with van der Waals surface area (Å²) in [5.41, 5.74) is 1.23. The van der Waals surface area contributed by atoms with Crippen LogP contribution in [0.3, 0.4) is 0 Å². The van der Waals surface area contributed by atoms with Crippen molar-refractivity contribution in [3.63, 3.8) is 0 Å². The Balaban J connectivity index is 1.87. The minimum absolute atomic E-state index is 0.0205. The average molecular weight is 328 g/mol. The maximum atomic E-state index is 10.2. The largest absolute Gasteiger partial charge is 0.508 e. The smallest absolute Gasteiger partial charge is 0.164 e. The molecule has 0 aromatic heterocycles. The van der Waals surface area contributed by atoms with Crippen molar-refractivity contribution in [1.82, 2.24) is 0 Å². The number of ether oxygens (including phenoxy) is 1. The van der Waals surface area contributed by atoms with Crippen LogP contribution in [0.25, 0.3) is 12.2 Å². The lowest BCUT2D eigenvalue weighted by Crippen LogP contribution is -2.39. The molecular weight excluding hydrogens is 308 g/mol. The first kappa shape index (κ1) is 16.2. The minimum Gasteiger partial charge on any atom is -0.508 e. The summed E-state index contributed by atoms with van der Waals surface area (Å²) in [5, 5.41) is 39.2. The Hall–Kier alpha value is -2.66. The van der Waals surface area contributed by atoms with Gasteiger partial charge in [0.25, 0.3) is 0 Å². The lowest BCUT2D eigenvalue weighted by Gasteiger charge is -2.24. The third-order valence-electron chi connectivity index (χ3n) is 4.02. The quantitative estimate of drug-likeness (QED) is 0.650. The van der Waals surface area contributed by atoms with Crippen LogP contribution in [0.1, 0.15) is 30.5 Å². The second kappa shape index (κ2) is 5.76. The van der Waals surface area contributed by atoms with Crippen molar-refractivity contribution in [3.05, 3.63) is 47.0 Å². The molecule has 0 bridgehead atoms. The number of hydrogen-bond acceptors (Lipinski definition) is 5. The molecule has 3 rings (SSSR count). The molecule has 1 aliphatic heterocycles. The fourth-order valence-corrected chi connectivity index (χ4v) is 2.76. The van der Waals surface area contributed by atoms with Crippen LogP contribution in [0.5, 0.6) is 23.0 Å². The topological polar surface area (TPSA) is 90.2 Å². The highest BCUT2D eigenvalue weighted by atomic mass is 16.5. The number of fused-ring (bicyclic) bond motifs is 1. The molecule has 2 aromatic carbocycles. The van der Waals surface area contributed by atoms with E-state index >= 15 is 0 Å². The lowest BCUT2D eigenvalue weighted by molar-refractivity contribution is -0.0235. The number of benzene rings is 2. The van der Waals surface area contributed by atoms with Gasteiger partial charge in [0.1, 0.15) is 17.6 Å². The summed E-state index contributed by atoms with van der Waals surface area (Å²) in [6.45, 7) is 3.35. The van der Waals surface area contributed by atoms with Crippen molar-refractivity contribution >= 4 is 12.2 Å². The Bertz CT molecular complexity index is 782. The van der Waals surface area contributed by atoms with Crippen LogP contribution in [-0.4, -0.2) is 32.1 Å². The second-order valence-electron chi connectivity index (χ2n) is 6.61. The summed E-state index contributed by atoms with van der Waals surface area (Å²) >= 11 is 0. The molecule has 1 unspecified atom stereocenters. The van der Waals surface area contributed by atoms with Gasteiger partial charge in [-0.25, -0.2) is 0 Å². The molecule has 1 heterocycles. The van der Waals surface area contributed by atoms with Crippen LogP contribution < -0.4 is 4.74 Å². The highest BCUT2D eigenvalue weighted by Crippen LogP contribution is 2.41. The third-order valence-corrected chi connectivity index (χ3v) is 4.02. The van der Waals surface area contributed by atoms with Crippen molar-refractivity contribution in [2.75, 3.05) is 0 Å². The van der Waals surface area contributed by atoms with Gasteiger partial charge >= 0.3 is 0 Å². The van der Waals surface area contributed by atoms with Gasteiger partial charge in [-0.15, -0.1) is 0 Å². The fraction of sp³-hybridized carbons (Fsp3) is 0.263. The van der Waals surface area contributed by atoms with E-state index in [9.17, 15) is 20.4 Å². The first-order valence-electron chi connectivity index (χ1n) is 7.68. The van der Waals surface area contributed by atoms with Crippen LogP contribution in [0.4, 0.5) is 0 Å². The third kappa shape index (κ3) is 3.31. The number of phenolic OH excluding ortho intramolecular Hbond substituents is 3. The van der Waals surface area contributed by atoms with E-state index in [-0.39, 0.29) is 17.2 Å². The molecule has 1 aliphatic rings.